The average molecular weight is 271 g/mol. The van der Waals surface area contributed by atoms with Gasteiger partial charge < -0.3 is 5.11 Å². The number of aromatic nitrogens is 5. The highest BCUT2D eigenvalue weighted by Crippen LogP contribution is 2.20. The number of hydrogen-bond acceptors (Lipinski definition) is 4. The van der Waals surface area contributed by atoms with Gasteiger partial charge in [-0.2, -0.15) is 5.10 Å². The third kappa shape index (κ3) is 2.03. The molecule has 7 heteroatoms. The first-order valence-electron chi connectivity index (χ1n) is 6.21. The smallest absolute Gasteiger partial charge is 0.337 e. The highest BCUT2D eigenvalue weighted by atomic mass is 16.4. The third-order valence-corrected chi connectivity index (χ3v) is 3.15. The Kier molecular flexibility index (Phi) is 2.94. The van der Waals surface area contributed by atoms with E-state index in [-0.39, 0.29) is 11.6 Å². The molecule has 2 heterocycles. The molecule has 0 saturated heterocycles. The Balaban J connectivity index is 2.05. The monoisotopic (exact) mass is 271 g/mol. The van der Waals surface area contributed by atoms with E-state index < -0.39 is 5.97 Å². The highest BCUT2D eigenvalue weighted by molar-refractivity contribution is 6.00. The molecule has 0 aliphatic carbocycles. The molecular formula is C13H13N5O2. The van der Waals surface area contributed by atoms with Gasteiger partial charge in [0.05, 0.1) is 18.2 Å². The lowest BCUT2D eigenvalue weighted by Crippen LogP contribution is -2.16. The molecule has 0 saturated carbocycles. The van der Waals surface area contributed by atoms with Crippen LogP contribution in [0.15, 0.2) is 36.7 Å². The van der Waals surface area contributed by atoms with E-state index in [2.05, 4.69) is 15.4 Å². The molecule has 1 atom stereocenters. The lowest BCUT2D eigenvalue weighted by atomic mass is 10.1. The molecular weight excluding hydrogens is 258 g/mol. The van der Waals surface area contributed by atoms with Crippen molar-refractivity contribution in [2.45, 2.75) is 19.5 Å². The van der Waals surface area contributed by atoms with Gasteiger partial charge in [-0.25, -0.2) is 9.48 Å². The van der Waals surface area contributed by atoms with Gasteiger partial charge in [-0.15, -0.1) is 5.10 Å². The van der Waals surface area contributed by atoms with Gasteiger partial charge in [0.1, 0.15) is 11.0 Å². The molecule has 0 fully saturated rings. The fraction of sp³-hybridized carbons (Fsp3) is 0.231. The summed E-state index contributed by atoms with van der Waals surface area (Å²) in [6.45, 7) is 2.55. The van der Waals surface area contributed by atoms with E-state index in [1.165, 1.54) is 0 Å². The molecule has 102 valence electrons. The van der Waals surface area contributed by atoms with Crippen LogP contribution in [0, 0.1) is 0 Å². The fourth-order valence-corrected chi connectivity index (χ4v) is 2.23. The Morgan fingerprint density at radius 3 is 2.95 bits per heavy atom. The number of hydrogen-bond donors (Lipinski definition) is 1. The van der Waals surface area contributed by atoms with Crippen molar-refractivity contribution in [1.82, 2.24) is 24.8 Å². The maximum atomic E-state index is 11.3. The molecule has 1 N–H and O–H groups in total. The zero-order chi connectivity index (χ0) is 14.1. The number of carboxylic acids is 1. The highest BCUT2D eigenvalue weighted by Gasteiger charge is 2.18. The van der Waals surface area contributed by atoms with Crippen LogP contribution in [-0.2, 0) is 6.54 Å². The van der Waals surface area contributed by atoms with Gasteiger partial charge >= 0.3 is 5.97 Å². The summed E-state index contributed by atoms with van der Waals surface area (Å²) in [5, 5.41) is 21.5. The Bertz CT molecular complexity index is 747. The molecule has 0 radical (unpaired) electrons. The minimum absolute atomic E-state index is 0.0552. The van der Waals surface area contributed by atoms with E-state index in [4.69, 9.17) is 0 Å². The summed E-state index contributed by atoms with van der Waals surface area (Å²) in [7, 11) is 0. The summed E-state index contributed by atoms with van der Waals surface area (Å²) in [5.74, 6) is -0.981. The number of fused-ring (bicyclic) bond motifs is 1. The predicted molar refractivity (Wildman–Crippen MR) is 71.4 cm³/mol. The summed E-state index contributed by atoms with van der Waals surface area (Å²) in [4.78, 5) is 11.3. The van der Waals surface area contributed by atoms with E-state index in [0.29, 0.717) is 17.6 Å². The van der Waals surface area contributed by atoms with Crippen LogP contribution >= 0.6 is 0 Å². The van der Waals surface area contributed by atoms with Crippen LogP contribution in [0.4, 0.5) is 0 Å². The fourth-order valence-electron chi connectivity index (χ4n) is 2.23. The van der Waals surface area contributed by atoms with E-state index >= 15 is 0 Å². The number of rotatable bonds is 4. The van der Waals surface area contributed by atoms with Gasteiger partial charge in [-0.1, -0.05) is 11.3 Å². The number of nitrogens with zero attached hydrogens (tertiary/aromatic N) is 5. The summed E-state index contributed by atoms with van der Waals surface area (Å²) >= 11 is 0. The standard InChI is InChI=1S/C13H13N5O2/c1-9(8-17-7-3-6-14-17)18-12-10(13(19)20)4-2-5-11(12)15-16-18/h2-7,9H,8H2,1H3,(H,19,20). The normalized spacial score (nSPS) is 12.7. The maximum Gasteiger partial charge on any atom is 0.337 e. The lowest BCUT2D eigenvalue weighted by molar-refractivity contribution is 0.0698. The van der Waals surface area contributed by atoms with Crippen molar-refractivity contribution in [3.8, 4) is 0 Å². The maximum absolute atomic E-state index is 11.3. The van der Waals surface area contributed by atoms with Crippen molar-refractivity contribution in [3.05, 3.63) is 42.2 Å². The zero-order valence-corrected chi connectivity index (χ0v) is 10.8. The molecule has 0 amide bonds. The third-order valence-electron chi connectivity index (χ3n) is 3.15. The van der Waals surface area contributed by atoms with Gasteiger partial charge in [0, 0.05) is 12.4 Å². The minimum Gasteiger partial charge on any atom is -0.478 e. The van der Waals surface area contributed by atoms with E-state index in [0.717, 1.165) is 0 Å². The molecule has 0 bridgehead atoms. The zero-order valence-electron chi connectivity index (χ0n) is 10.8. The number of benzene rings is 1. The van der Waals surface area contributed by atoms with Crippen molar-refractivity contribution in [2.24, 2.45) is 0 Å². The molecule has 7 nitrogen and oxygen atoms in total. The van der Waals surface area contributed by atoms with Crippen molar-refractivity contribution < 1.29 is 9.90 Å². The van der Waals surface area contributed by atoms with Crippen molar-refractivity contribution >= 4 is 17.0 Å². The van der Waals surface area contributed by atoms with Gasteiger partial charge in [0.2, 0.25) is 0 Å². The summed E-state index contributed by atoms with van der Waals surface area (Å²) in [5.41, 5.74) is 1.33. The molecule has 0 aliphatic rings. The van der Waals surface area contributed by atoms with Crippen molar-refractivity contribution in [1.29, 1.82) is 0 Å². The van der Waals surface area contributed by atoms with Gasteiger partial charge in [0.15, 0.2) is 0 Å². The second kappa shape index (κ2) is 4.76. The van der Waals surface area contributed by atoms with Crippen molar-refractivity contribution in [2.75, 3.05) is 0 Å². The molecule has 1 unspecified atom stereocenters. The molecule has 0 aliphatic heterocycles. The molecule has 1 aromatic carbocycles. The first kappa shape index (κ1) is 12.3. The Morgan fingerprint density at radius 2 is 2.25 bits per heavy atom. The Morgan fingerprint density at radius 1 is 1.40 bits per heavy atom. The van der Waals surface area contributed by atoms with Gasteiger partial charge in [-0.3, -0.25) is 4.68 Å². The van der Waals surface area contributed by atoms with E-state index in [1.807, 2.05) is 19.2 Å². The molecule has 0 spiro atoms. The first-order chi connectivity index (χ1) is 9.66. The molecule has 3 rings (SSSR count). The first-order valence-corrected chi connectivity index (χ1v) is 6.21. The molecule has 20 heavy (non-hydrogen) atoms. The van der Waals surface area contributed by atoms with Crippen LogP contribution in [0.1, 0.15) is 23.3 Å². The van der Waals surface area contributed by atoms with E-state index in [9.17, 15) is 9.90 Å². The quantitative estimate of drug-likeness (QED) is 0.778. The van der Waals surface area contributed by atoms with Crippen LogP contribution in [0.2, 0.25) is 0 Å². The van der Waals surface area contributed by atoms with Crippen LogP contribution in [0.25, 0.3) is 11.0 Å². The van der Waals surface area contributed by atoms with Crippen molar-refractivity contribution in [3.63, 3.8) is 0 Å². The summed E-state index contributed by atoms with van der Waals surface area (Å²) in [6.07, 6.45) is 3.56. The van der Waals surface area contributed by atoms with Gasteiger partial charge in [-0.05, 0) is 25.1 Å². The second-order valence-electron chi connectivity index (χ2n) is 4.59. The SMILES string of the molecule is CC(Cn1cccn1)n1nnc2cccc(C(=O)O)c21. The number of carboxylic acid groups (broad SMARTS) is 1. The minimum atomic E-state index is -0.981. The van der Waals surface area contributed by atoms with Gasteiger partial charge in [0.25, 0.3) is 0 Å². The summed E-state index contributed by atoms with van der Waals surface area (Å²) in [6, 6.07) is 6.77. The van der Waals surface area contributed by atoms with Crippen LogP contribution in [-0.4, -0.2) is 35.9 Å². The molecule has 3 aromatic rings. The predicted octanol–water partition coefficient (Wildman–Crippen LogP) is 1.59. The number of carbonyl (C=O) groups is 1. The Labute approximate surface area is 114 Å². The van der Waals surface area contributed by atoms with Crippen LogP contribution < -0.4 is 0 Å². The van der Waals surface area contributed by atoms with Crippen LogP contribution in [0.5, 0.6) is 0 Å². The summed E-state index contributed by atoms with van der Waals surface area (Å²) < 4.78 is 3.42. The van der Waals surface area contributed by atoms with E-state index in [1.54, 1.807) is 33.8 Å². The molecule has 2 aromatic heterocycles. The average Bonchev–Trinajstić information content (AvgIpc) is 3.06. The number of para-hydroxylation sites is 1. The Hall–Kier alpha value is -2.70. The number of aromatic carboxylic acids is 1. The topological polar surface area (TPSA) is 85.8 Å². The second-order valence-corrected chi connectivity index (χ2v) is 4.59. The van der Waals surface area contributed by atoms with Crippen LogP contribution in [0.3, 0.4) is 0 Å². The lowest BCUT2D eigenvalue weighted by Gasteiger charge is -2.13. The largest absolute Gasteiger partial charge is 0.478 e.